The van der Waals surface area contributed by atoms with Crippen LogP contribution in [-0.4, -0.2) is 16.1 Å². The van der Waals surface area contributed by atoms with E-state index in [1.807, 2.05) is 5.38 Å². The highest BCUT2D eigenvalue weighted by Crippen LogP contribution is 2.32. The van der Waals surface area contributed by atoms with Crippen LogP contribution in [0.3, 0.4) is 0 Å². The van der Waals surface area contributed by atoms with Gasteiger partial charge in [0.05, 0.1) is 21.1 Å². The fraction of sp³-hybridized carbons (Fsp3) is 0.333. The second-order valence-electron chi connectivity index (χ2n) is 4.79. The Morgan fingerprint density at radius 1 is 1.29 bits per heavy atom. The maximum Gasteiger partial charge on any atom is 0.336 e. The Bertz CT molecular complexity index is 549. The molecule has 2 aromatic rings. The van der Waals surface area contributed by atoms with Crippen molar-refractivity contribution in [1.29, 1.82) is 0 Å². The van der Waals surface area contributed by atoms with Gasteiger partial charge in [0.25, 0.3) is 0 Å². The number of nitrogens with zero attached hydrogens (tertiary/aromatic N) is 1. The highest BCUT2D eigenvalue weighted by molar-refractivity contribution is 7.14. The van der Waals surface area contributed by atoms with Crippen LogP contribution < -0.4 is 0 Å². The minimum absolute atomic E-state index is 0.0375. The third-order valence-electron chi connectivity index (χ3n) is 2.24. The van der Waals surface area contributed by atoms with Crippen LogP contribution in [0, 0.1) is 0 Å². The fourth-order valence-electron chi connectivity index (χ4n) is 1.31. The van der Waals surface area contributed by atoms with Crippen LogP contribution in [0.1, 0.15) is 36.1 Å². The summed E-state index contributed by atoms with van der Waals surface area (Å²) in [6.07, 6.45) is 0. The lowest BCUT2D eigenvalue weighted by Crippen LogP contribution is -2.10. The summed E-state index contributed by atoms with van der Waals surface area (Å²) in [7, 11) is 0. The van der Waals surface area contributed by atoms with Gasteiger partial charge in [-0.3, -0.25) is 0 Å². The maximum atomic E-state index is 10.8. The number of carboxylic acid groups (broad SMARTS) is 1. The van der Waals surface area contributed by atoms with Gasteiger partial charge in [0.15, 0.2) is 0 Å². The van der Waals surface area contributed by atoms with Gasteiger partial charge in [-0.05, 0) is 6.07 Å². The molecule has 5 heteroatoms. The predicted molar refractivity (Wildman–Crippen MR) is 71.1 cm³/mol. The molecule has 0 aliphatic carbocycles. The zero-order chi connectivity index (χ0) is 12.6. The number of carbonyl (C=O) groups is 1. The Hall–Kier alpha value is -1.20. The van der Waals surface area contributed by atoms with Gasteiger partial charge in [-0.25, -0.2) is 9.78 Å². The van der Waals surface area contributed by atoms with Crippen molar-refractivity contribution in [2.45, 2.75) is 26.2 Å². The Labute approximate surface area is 108 Å². The molecule has 90 valence electrons. The lowest BCUT2D eigenvalue weighted by Gasteiger charge is -2.13. The molecule has 3 nitrogen and oxygen atoms in total. The van der Waals surface area contributed by atoms with E-state index in [1.165, 1.54) is 11.3 Å². The topological polar surface area (TPSA) is 50.2 Å². The number of rotatable bonds is 2. The number of hydrogen-bond acceptors (Lipinski definition) is 4. The van der Waals surface area contributed by atoms with Gasteiger partial charge in [0, 0.05) is 16.2 Å². The maximum absolute atomic E-state index is 10.8. The first-order valence-electron chi connectivity index (χ1n) is 5.16. The quantitative estimate of drug-likeness (QED) is 0.898. The fourth-order valence-corrected chi connectivity index (χ4v) is 3.14. The van der Waals surface area contributed by atoms with Crippen LogP contribution in [0.2, 0.25) is 0 Å². The molecule has 0 aliphatic rings. The molecule has 0 saturated heterocycles. The van der Waals surface area contributed by atoms with Crippen LogP contribution >= 0.6 is 22.7 Å². The molecule has 17 heavy (non-hydrogen) atoms. The molecule has 1 N–H and O–H groups in total. The van der Waals surface area contributed by atoms with Crippen molar-refractivity contribution in [1.82, 2.24) is 4.98 Å². The van der Waals surface area contributed by atoms with Crippen molar-refractivity contribution in [3.05, 3.63) is 27.4 Å². The van der Waals surface area contributed by atoms with Gasteiger partial charge < -0.3 is 5.11 Å². The average Bonchev–Trinajstić information content (AvgIpc) is 2.85. The predicted octanol–water partition coefficient (Wildman–Crippen LogP) is 3.87. The van der Waals surface area contributed by atoms with E-state index in [0.717, 1.165) is 15.6 Å². The minimum atomic E-state index is -0.890. The lowest BCUT2D eigenvalue weighted by molar-refractivity contribution is 0.0697. The molecule has 0 radical (unpaired) electrons. The van der Waals surface area contributed by atoms with E-state index in [2.05, 4.69) is 25.8 Å². The Morgan fingerprint density at radius 3 is 2.47 bits per heavy atom. The monoisotopic (exact) mass is 267 g/mol. The molecule has 2 aromatic heterocycles. The van der Waals surface area contributed by atoms with Crippen molar-refractivity contribution in [2.75, 3.05) is 0 Å². The van der Waals surface area contributed by atoms with Gasteiger partial charge in [0.2, 0.25) is 0 Å². The summed E-state index contributed by atoms with van der Waals surface area (Å²) in [4.78, 5) is 16.3. The van der Waals surface area contributed by atoms with Crippen molar-refractivity contribution in [2.24, 2.45) is 0 Å². The number of thiazole rings is 1. The van der Waals surface area contributed by atoms with Crippen molar-refractivity contribution < 1.29 is 9.90 Å². The normalized spacial score (nSPS) is 11.7. The van der Waals surface area contributed by atoms with Crippen LogP contribution in [0.5, 0.6) is 0 Å². The van der Waals surface area contributed by atoms with E-state index < -0.39 is 5.97 Å². The van der Waals surface area contributed by atoms with E-state index in [1.54, 1.807) is 22.8 Å². The Kier molecular flexibility index (Phi) is 3.05. The molecule has 0 fully saturated rings. The number of hydrogen-bond donors (Lipinski definition) is 1. The van der Waals surface area contributed by atoms with Crippen molar-refractivity contribution in [3.8, 4) is 10.6 Å². The van der Waals surface area contributed by atoms with E-state index in [4.69, 9.17) is 5.11 Å². The second-order valence-corrected chi connectivity index (χ2v) is 6.56. The summed E-state index contributed by atoms with van der Waals surface area (Å²) < 4.78 is 0. The van der Waals surface area contributed by atoms with Crippen LogP contribution in [-0.2, 0) is 5.41 Å². The summed E-state index contributed by atoms with van der Waals surface area (Å²) in [5.74, 6) is -0.890. The minimum Gasteiger partial charge on any atom is -0.478 e. The molecule has 0 aliphatic heterocycles. The first-order chi connectivity index (χ1) is 7.88. The number of thiophene rings is 1. The SMILES string of the molecule is CC(C)(C)c1nc(-c2cc(C(=O)O)cs2)cs1. The van der Waals surface area contributed by atoms with E-state index >= 15 is 0 Å². The van der Waals surface area contributed by atoms with Crippen molar-refractivity contribution in [3.63, 3.8) is 0 Å². The smallest absolute Gasteiger partial charge is 0.336 e. The molecule has 0 saturated carbocycles. The van der Waals surface area contributed by atoms with Gasteiger partial charge >= 0.3 is 5.97 Å². The first-order valence-corrected chi connectivity index (χ1v) is 6.92. The van der Waals surface area contributed by atoms with Gasteiger partial charge in [0.1, 0.15) is 0 Å². The second kappa shape index (κ2) is 4.23. The third-order valence-corrected chi connectivity index (χ3v) is 4.47. The molecular weight excluding hydrogens is 254 g/mol. The average molecular weight is 267 g/mol. The van der Waals surface area contributed by atoms with Crippen molar-refractivity contribution >= 4 is 28.6 Å². The first kappa shape index (κ1) is 12.3. The molecule has 0 bridgehead atoms. The molecular formula is C12H13NO2S2. The summed E-state index contributed by atoms with van der Waals surface area (Å²) >= 11 is 3.04. The molecule has 0 spiro atoms. The Morgan fingerprint density at radius 2 is 2.00 bits per heavy atom. The largest absolute Gasteiger partial charge is 0.478 e. The van der Waals surface area contributed by atoms with Gasteiger partial charge in [-0.1, -0.05) is 20.8 Å². The Balaban J connectivity index is 2.34. The summed E-state index contributed by atoms with van der Waals surface area (Å²) in [5, 5.41) is 13.6. The zero-order valence-electron chi connectivity index (χ0n) is 9.85. The standard InChI is InChI=1S/C12H13NO2S2/c1-12(2,3)11-13-8(6-17-11)9-4-7(5-16-9)10(14)15/h4-6H,1-3H3,(H,14,15). The molecule has 0 atom stereocenters. The number of aromatic carboxylic acids is 1. The molecule has 2 rings (SSSR count). The third kappa shape index (κ3) is 2.56. The summed E-state index contributed by atoms with van der Waals surface area (Å²) in [6.45, 7) is 6.35. The van der Waals surface area contributed by atoms with Crippen LogP contribution in [0.25, 0.3) is 10.6 Å². The van der Waals surface area contributed by atoms with Crippen LogP contribution in [0.4, 0.5) is 0 Å². The molecule has 2 heterocycles. The van der Waals surface area contributed by atoms with E-state index in [0.29, 0.717) is 5.56 Å². The molecule has 0 unspecified atom stereocenters. The number of aromatic nitrogens is 1. The zero-order valence-corrected chi connectivity index (χ0v) is 11.5. The van der Waals surface area contributed by atoms with Gasteiger partial charge in [-0.2, -0.15) is 0 Å². The van der Waals surface area contributed by atoms with Gasteiger partial charge in [-0.15, -0.1) is 22.7 Å². The highest BCUT2D eigenvalue weighted by Gasteiger charge is 2.19. The summed E-state index contributed by atoms with van der Waals surface area (Å²) in [6, 6.07) is 1.68. The van der Waals surface area contributed by atoms with E-state index in [9.17, 15) is 4.79 Å². The summed E-state index contributed by atoms with van der Waals surface area (Å²) in [5.41, 5.74) is 1.24. The molecule has 0 aromatic carbocycles. The van der Waals surface area contributed by atoms with E-state index in [-0.39, 0.29) is 5.41 Å². The molecule has 0 amide bonds. The number of carboxylic acids is 1. The highest BCUT2D eigenvalue weighted by atomic mass is 32.1. The lowest BCUT2D eigenvalue weighted by atomic mass is 9.98. The van der Waals surface area contributed by atoms with Crippen LogP contribution in [0.15, 0.2) is 16.8 Å².